The molecule has 7 heteroatoms. The molecule has 0 unspecified atom stereocenters. The lowest BCUT2D eigenvalue weighted by molar-refractivity contribution is -0.633. The summed E-state index contributed by atoms with van der Waals surface area (Å²) in [5.74, 6) is -0.210. The average Bonchev–Trinajstić information content (AvgIpc) is 2.30. The minimum absolute atomic E-state index is 0.105. The molecule has 0 aliphatic rings. The predicted octanol–water partition coefficient (Wildman–Crippen LogP) is -2.92. The van der Waals surface area contributed by atoms with E-state index in [2.05, 4.69) is 10.6 Å². The van der Waals surface area contributed by atoms with Gasteiger partial charge in [0.15, 0.2) is 13.1 Å². The number of quaternary nitrogens is 1. The zero-order valence-corrected chi connectivity index (χ0v) is 10.5. The topological polar surface area (TPSA) is 93.3 Å². The van der Waals surface area contributed by atoms with Crippen molar-refractivity contribution in [2.45, 2.75) is 0 Å². The Bertz CT molecular complexity index is 202. The molecule has 0 aliphatic heterocycles. The molecular weight excluding hydrogens is 226 g/mol. The second-order valence-corrected chi connectivity index (χ2v) is 3.38. The van der Waals surface area contributed by atoms with E-state index in [0.717, 1.165) is 0 Å². The van der Waals surface area contributed by atoms with Crippen LogP contribution in [0.2, 0.25) is 0 Å². The van der Waals surface area contributed by atoms with E-state index < -0.39 is 0 Å². The summed E-state index contributed by atoms with van der Waals surface area (Å²) in [6.07, 6.45) is 0. The summed E-state index contributed by atoms with van der Waals surface area (Å²) >= 11 is 0. The van der Waals surface area contributed by atoms with E-state index in [9.17, 15) is 9.59 Å². The van der Waals surface area contributed by atoms with Gasteiger partial charge in [0.2, 0.25) is 0 Å². The van der Waals surface area contributed by atoms with Gasteiger partial charge in [-0.1, -0.05) is 0 Å². The minimum atomic E-state index is -0.105. The van der Waals surface area contributed by atoms with Crippen LogP contribution in [0.3, 0.4) is 0 Å². The Kier molecular flexibility index (Phi) is 10.5. The van der Waals surface area contributed by atoms with Gasteiger partial charge in [-0.3, -0.25) is 9.59 Å². The molecule has 0 rings (SSSR count). The maximum absolute atomic E-state index is 11.2. The predicted molar refractivity (Wildman–Crippen MR) is 61.4 cm³/mol. The number of hydrogen-bond donors (Lipinski definition) is 3. The van der Waals surface area contributed by atoms with Crippen LogP contribution in [-0.4, -0.2) is 65.4 Å². The van der Waals surface area contributed by atoms with Crippen LogP contribution in [0.4, 0.5) is 0 Å². The lowest BCUT2D eigenvalue weighted by Crippen LogP contribution is -2.88. The van der Waals surface area contributed by atoms with Gasteiger partial charge in [-0.25, -0.2) is 0 Å². The summed E-state index contributed by atoms with van der Waals surface area (Å²) in [6.45, 7) is 2.43. The fraction of sp³-hybridized carbons (Fsp3) is 0.800. The van der Waals surface area contributed by atoms with Crippen molar-refractivity contribution in [3.63, 3.8) is 0 Å². The fourth-order valence-corrected chi connectivity index (χ4v) is 1.06. The van der Waals surface area contributed by atoms with E-state index in [4.69, 9.17) is 9.47 Å². The van der Waals surface area contributed by atoms with Crippen molar-refractivity contribution in [1.82, 2.24) is 10.6 Å². The highest BCUT2D eigenvalue weighted by molar-refractivity contribution is 5.78. The number of methoxy groups -OCH3 is 2. The summed E-state index contributed by atoms with van der Waals surface area (Å²) in [5, 5.41) is 6.97. The maximum Gasteiger partial charge on any atom is 0.275 e. The van der Waals surface area contributed by atoms with E-state index in [0.29, 0.717) is 26.3 Å². The third-order valence-electron chi connectivity index (χ3n) is 1.92. The quantitative estimate of drug-likeness (QED) is 0.361. The number of nitrogens with one attached hydrogen (secondary N) is 2. The van der Waals surface area contributed by atoms with Crippen LogP contribution in [-0.2, 0) is 19.1 Å². The van der Waals surface area contributed by atoms with Crippen LogP contribution in [0, 0.1) is 0 Å². The average molecular weight is 248 g/mol. The largest absolute Gasteiger partial charge is 0.383 e. The van der Waals surface area contributed by atoms with Crippen LogP contribution in [0.1, 0.15) is 0 Å². The zero-order chi connectivity index (χ0) is 12.9. The highest BCUT2D eigenvalue weighted by Crippen LogP contribution is 1.65. The van der Waals surface area contributed by atoms with Gasteiger partial charge >= 0.3 is 0 Å². The molecule has 100 valence electrons. The van der Waals surface area contributed by atoms with E-state index in [1.165, 1.54) is 0 Å². The number of hydrogen-bond acceptors (Lipinski definition) is 4. The van der Waals surface area contributed by atoms with Gasteiger partial charge in [0.1, 0.15) is 0 Å². The molecule has 0 heterocycles. The Balaban J connectivity index is 3.36. The van der Waals surface area contributed by atoms with E-state index in [1.807, 2.05) is 0 Å². The highest BCUT2D eigenvalue weighted by atomic mass is 16.5. The Hall–Kier alpha value is -1.18. The standard InChI is InChI=1S/C10H21N3O4/c1-16-5-3-12-9(14)7-11-8-10(15)13-4-6-17-2/h11H,3-8H2,1-2H3,(H,12,14)(H,13,15)/p+1. The van der Waals surface area contributed by atoms with E-state index in [1.54, 1.807) is 19.5 Å². The molecule has 0 atom stereocenters. The number of amides is 2. The van der Waals surface area contributed by atoms with E-state index >= 15 is 0 Å². The second kappa shape index (κ2) is 11.3. The van der Waals surface area contributed by atoms with Crippen molar-refractivity contribution in [2.24, 2.45) is 0 Å². The van der Waals surface area contributed by atoms with E-state index in [-0.39, 0.29) is 24.9 Å². The molecule has 0 bridgehead atoms. The number of carbonyl (C=O) groups is 2. The molecule has 0 saturated heterocycles. The van der Waals surface area contributed by atoms with Crippen LogP contribution in [0.25, 0.3) is 0 Å². The molecule has 0 radical (unpaired) electrons. The number of nitrogens with two attached hydrogens (primary N) is 1. The molecule has 0 aromatic carbocycles. The summed E-state index contributed by atoms with van der Waals surface area (Å²) in [4.78, 5) is 22.4. The van der Waals surface area contributed by atoms with Gasteiger partial charge in [-0.05, 0) is 0 Å². The normalized spacial score (nSPS) is 10.0. The highest BCUT2D eigenvalue weighted by Gasteiger charge is 2.06. The van der Waals surface area contributed by atoms with Crippen LogP contribution >= 0.6 is 0 Å². The van der Waals surface area contributed by atoms with Gasteiger partial charge in [0.05, 0.1) is 13.2 Å². The fourth-order valence-electron chi connectivity index (χ4n) is 1.06. The molecule has 17 heavy (non-hydrogen) atoms. The third kappa shape index (κ3) is 11.1. The molecule has 0 spiro atoms. The van der Waals surface area contributed by atoms with Crippen molar-refractivity contribution in [3.8, 4) is 0 Å². The first-order valence-electron chi connectivity index (χ1n) is 5.53. The molecule has 0 aromatic rings. The van der Waals surface area contributed by atoms with Crippen LogP contribution in [0.5, 0.6) is 0 Å². The van der Waals surface area contributed by atoms with Crippen molar-refractivity contribution in [2.75, 3.05) is 53.6 Å². The van der Waals surface area contributed by atoms with Gasteiger partial charge in [0.25, 0.3) is 11.8 Å². The number of ether oxygens (including phenoxy) is 2. The lowest BCUT2D eigenvalue weighted by Gasteiger charge is -2.05. The summed E-state index contributed by atoms with van der Waals surface area (Å²) in [7, 11) is 3.14. The molecule has 7 nitrogen and oxygen atoms in total. The number of carbonyl (C=O) groups excluding carboxylic acids is 2. The maximum atomic E-state index is 11.2. The molecule has 2 amide bonds. The van der Waals surface area contributed by atoms with Gasteiger partial charge in [-0.15, -0.1) is 0 Å². The monoisotopic (exact) mass is 248 g/mol. The number of rotatable bonds is 10. The van der Waals surface area contributed by atoms with Gasteiger partial charge < -0.3 is 25.4 Å². The summed E-state index contributed by atoms with van der Waals surface area (Å²) < 4.78 is 9.58. The lowest BCUT2D eigenvalue weighted by atomic mass is 10.5. The van der Waals surface area contributed by atoms with Crippen LogP contribution < -0.4 is 16.0 Å². The van der Waals surface area contributed by atoms with Gasteiger partial charge in [-0.2, -0.15) is 0 Å². The Labute approximate surface area is 101 Å². The SMILES string of the molecule is COCCNC(=O)C[NH2+]CC(=O)NCCOC. The Morgan fingerprint density at radius 3 is 1.71 bits per heavy atom. The van der Waals surface area contributed by atoms with Crippen molar-refractivity contribution in [1.29, 1.82) is 0 Å². The molecule has 0 aromatic heterocycles. The Morgan fingerprint density at radius 1 is 0.941 bits per heavy atom. The zero-order valence-electron chi connectivity index (χ0n) is 10.5. The van der Waals surface area contributed by atoms with Crippen molar-refractivity contribution < 1.29 is 24.4 Å². The Morgan fingerprint density at radius 2 is 1.35 bits per heavy atom. The third-order valence-corrected chi connectivity index (χ3v) is 1.92. The minimum Gasteiger partial charge on any atom is -0.383 e. The van der Waals surface area contributed by atoms with Crippen molar-refractivity contribution >= 4 is 11.8 Å². The molecular formula is C10H22N3O4+. The molecule has 4 N–H and O–H groups in total. The summed E-state index contributed by atoms with van der Waals surface area (Å²) in [5.41, 5.74) is 0. The van der Waals surface area contributed by atoms with Crippen LogP contribution in [0.15, 0.2) is 0 Å². The van der Waals surface area contributed by atoms with Gasteiger partial charge in [0, 0.05) is 27.3 Å². The second-order valence-electron chi connectivity index (χ2n) is 3.38. The molecule has 0 aliphatic carbocycles. The van der Waals surface area contributed by atoms with Crippen molar-refractivity contribution in [3.05, 3.63) is 0 Å². The first kappa shape index (κ1) is 15.8. The first-order valence-corrected chi connectivity index (χ1v) is 5.53. The summed E-state index contributed by atoms with van der Waals surface area (Å²) in [6, 6.07) is 0. The molecule has 0 fully saturated rings. The first-order chi connectivity index (χ1) is 8.20. The molecule has 0 saturated carbocycles. The smallest absolute Gasteiger partial charge is 0.275 e.